The molecule has 0 atom stereocenters. The predicted molar refractivity (Wildman–Crippen MR) is 73.2 cm³/mol. The monoisotopic (exact) mass is 296 g/mol. The van der Waals surface area contributed by atoms with Gasteiger partial charge in [0.05, 0.1) is 21.8 Å². The third-order valence-corrected chi connectivity index (χ3v) is 3.53. The van der Waals surface area contributed by atoms with E-state index in [0.717, 1.165) is 5.01 Å². The van der Waals surface area contributed by atoms with E-state index in [9.17, 15) is 9.59 Å². The first-order chi connectivity index (χ1) is 8.97. The number of anilines is 1. The average Bonchev–Trinajstić information content (AvgIpc) is 2.75. The quantitative estimate of drug-likeness (QED) is 0.912. The van der Waals surface area contributed by atoms with Crippen molar-refractivity contribution < 1.29 is 14.7 Å². The van der Waals surface area contributed by atoms with Gasteiger partial charge in [0.25, 0.3) is 5.91 Å². The lowest BCUT2D eigenvalue weighted by molar-refractivity contribution is 0.0697. The van der Waals surface area contributed by atoms with Crippen molar-refractivity contribution in [2.45, 2.75) is 6.92 Å². The maximum absolute atomic E-state index is 11.9. The van der Waals surface area contributed by atoms with Crippen molar-refractivity contribution in [2.24, 2.45) is 0 Å². The number of hydrogen-bond acceptors (Lipinski definition) is 4. The molecule has 0 saturated carbocycles. The first-order valence-corrected chi connectivity index (χ1v) is 6.43. The number of amides is 1. The van der Waals surface area contributed by atoms with Gasteiger partial charge in [-0.3, -0.25) is 4.79 Å². The number of nitrogens with zero attached hydrogens (tertiary/aromatic N) is 1. The molecular weight excluding hydrogens is 288 g/mol. The van der Waals surface area contributed by atoms with Crippen molar-refractivity contribution in [1.29, 1.82) is 0 Å². The van der Waals surface area contributed by atoms with E-state index in [1.54, 1.807) is 6.92 Å². The molecule has 0 fully saturated rings. The maximum Gasteiger partial charge on any atom is 0.337 e. The smallest absolute Gasteiger partial charge is 0.337 e. The summed E-state index contributed by atoms with van der Waals surface area (Å²) in [5.41, 5.74) is 0.430. The first kappa shape index (κ1) is 13.5. The molecule has 0 radical (unpaired) electrons. The van der Waals surface area contributed by atoms with E-state index in [4.69, 9.17) is 16.7 Å². The van der Waals surface area contributed by atoms with Crippen LogP contribution in [0, 0.1) is 6.92 Å². The Morgan fingerprint density at radius 1 is 1.42 bits per heavy atom. The molecule has 1 aromatic carbocycles. The van der Waals surface area contributed by atoms with Crippen LogP contribution in [-0.2, 0) is 0 Å². The molecule has 7 heteroatoms. The van der Waals surface area contributed by atoms with Crippen molar-refractivity contribution in [2.75, 3.05) is 5.32 Å². The maximum atomic E-state index is 11.9. The number of carbonyl (C=O) groups excluding carboxylic acids is 1. The van der Waals surface area contributed by atoms with Crippen LogP contribution in [0.25, 0.3) is 0 Å². The summed E-state index contributed by atoms with van der Waals surface area (Å²) >= 11 is 7.09. The third-order valence-electron chi connectivity index (χ3n) is 2.30. The van der Waals surface area contributed by atoms with Gasteiger partial charge in [0.2, 0.25) is 0 Å². The zero-order valence-corrected chi connectivity index (χ0v) is 11.4. The van der Waals surface area contributed by atoms with Gasteiger partial charge in [-0.15, -0.1) is 11.3 Å². The van der Waals surface area contributed by atoms with E-state index >= 15 is 0 Å². The van der Waals surface area contributed by atoms with Crippen molar-refractivity contribution in [3.05, 3.63) is 44.9 Å². The number of carbonyl (C=O) groups is 2. The van der Waals surface area contributed by atoms with E-state index in [1.807, 2.05) is 0 Å². The van der Waals surface area contributed by atoms with Crippen LogP contribution in [0.3, 0.4) is 0 Å². The third kappa shape index (κ3) is 3.10. The Kier molecular flexibility index (Phi) is 3.82. The summed E-state index contributed by atoms with van der Waals surface area (Å²) in [7, 11) is 0. The standard InChI is InChI=1S/C12H9ClN2O3S/c1-6-14-5-10(19-6)11(16)15-7-2-3-8(12(17)18)9(13)4-7/h2-5H,1H3,(H,15,16)(H,17,18). The van der Waals surface area contributed by atoms with E-state index in [1.165, 1.54) is 35.7 Å². The van der Waals surface area contributed by atoms with E-state index < -0.39 is 5.97 Å². The number of thiazole rings is 1. The Labute approximate surface area is 117 Å². The fourth-order valence-corrected chi connectivity index (χ4v) is 2.36. The molecule has 1 aromatic heterocycles. The van der Waals surface area contributed by atoms with Crippen LogP contribution in [0.4, 0.5) is 5.69 Å². The second-order valence-electron chi connectivity index (χ2n) is 3.70. The van der Waals surface area contributed by atoms with Crippen molar-refractivity contribution in [3.63, 3.8) is 0 Å². The summed E-state index contributed by atoms with van der Waals surface area (Å²) < 4.78 is 0. The predicted octanol–water partition coefficient (Wildman–Crippen LogP) is 3.06. The summed E-state index contributed by atoms with van der Waals surface area (Å²) in [4.78, 5) is 27.1. The van der Waals surface area contributed by atoms with Crippen molar-refractivity contribution in [3.8, 4) is 0 Å². The molecule has 0 aliphatic carbocycles. The van der Waals surface area contributed by atoms with Crippen LogP contribution in [0.1, 0.15) is 25.0 Å². The first-order valence-electron chi connectivity index (χ1n) is 5.24. The Morgan fingerprint density at radius 2 is 2.16 bits per heavy atom. The number of rotatable bonds is 3. The SMILES string of the molecule is Cc1ncc(C(=O)Nc2ccc(C(=O)O)c(Cl)c2)s1. The van der Waals surface area contributed by atoms with Gasteiger partial charge >= 0.3 is 5.97 Å². The van der Waals surface area contributed by atoms with Gasteiger partial charge in [0.15, 0.2) is 0 Å². The number of aromatic carboxylic acids is 1. The lowest BCUT2D eigenvalue weighted by Crippen LogP contribution is -2.10. The Balaban J connectivity index is 2.18. The highest BCUT2D eigenvalue weighted by Crippen LogP contribution is 2.22. The minimum Gasteiger partial charge on any atom is -0.478 e. The molecule has 98 valence electrons. The molecule has 0 unspecified atom stereocenters. The van der Waals surface area contributed by atoms with Crippen LogP contribution in [-0.4, -0.2) is 22.0 Å². The molecule has 0 aliphatic heterocycles. The highest BCUT2D eigenvalue weighted by Gasteiger charge is 2.12. The fourth-order valence-electron chi connectivity index (χ4n) is 1.43. The molecule has 2 N–H and O–H groups in total. The Hall–Kier alpha value is -1.92. The van der Waals surface area contributed by atoms with Crippen molar-refractivity contribution >= 4 is 40.5 Å². The number of aryl methyl sites for hydroxylation is 1. The number of halogens is 1. The van der Waals surface area contributed by atoms with Gasteiger partial charge in [-0.25, -0.2) is 9.78 Å². The summed E-state index contributed by atoms with van der Waals surface area (Å²) in [6.45, 7) is 1.81. The van der Waals surface area contributed by atoms with Crippen LogP contribution in [0.15, 0.2) is 24.4 Å². The zero-order valence-electron chi connectivity index (χ0n) is 9.81. The minimum atomic E-state index is -1.11. The second-order valence-corrected chi connectivity index (χ2v) is 5.34. The topological polar surface area (TPSA) is 79.3 Å². The van der Waals surface area contributed by atoms with Gasteiger partial charge in [-0.05, 0) is 25.1 Å². The van der Waals surface area contributed by atoms with E-state index in [-0.39, 0.29) is 16.5 Å². The van der Waals surface area contributed by atoms with Crippen LogP contribution < -0.4 is 5.32 Å². The van der Waals surface area contributed by atoms with Gasteiger partial charge < -0.3 is 10.4 Å². The van der Waals surface area contributed by atoms with Gasteiger partial charge in [0.1, 0.15) is 4.88 Å². The zero-order chi connectivity index (χ0) is 14.0. The number of carboxylic acid groups (broad SMARTS) is 1. The molecule has 0 aliphatic rings. The van der Waals surface area contributed by atoms with E-state index in [0.29, 0.717) is 10.6 Å². The molecule has 19 heavy (non-hydrogen) atoms. The van der Waals surface area contributed by atoms with E-state index in [2.05, 4.69) is 10.3 Å². The van der Waals surface area contributed by atoms with Crippen molar-refractivity contribution in [1.82, 2.24) is 4.98 Å². The normalized spacial score (nSPS) is 10.2. The summed E-state index contributed by atoms with van der Waals surface area (Å²) in [5.74, 6) is -1.41. The Morgan fingerprint density at radius 3 is 2.68 bits per heavy atom. The lowest BCUT2D eigenvalue weighted by atomic mass is 10.2. The molecule has 1 heterocycles. The molecule has 1 amide bonds. The molecule has 0 saturated heterocycles. The van der Waals surface area contributed by atoms with Gasteiger partial charge in [0, 0.05) is 5.69 Å². The molecule has 5 nitrogen and oxygen atoms in total. The largest absolute Gasteiger partial charge is 0.478 e. The minimum absolute atomic E-state index is 0.00620. The van der Waals surface area contributed by atoms with Crippen LogP contribution in [0.2, 0.25) is 5.02 Å². The summed E-state index contributed by atoms with van der Waals surface area (Å²) in [5, 5.41) is 12.3. The number of hydrogen-bond donors (Lipinski definition) is 2. The molecule has 2 rings (SSSR count). The molecule has 2 aromatic rings. The number of aromatic nitrogens is 1. The van der Waals surface area contributed by atoms with Crippen LogP contribution in [0.5, 0.6) is 0 Å². The average molecular weight is 297 g/mol. The summed E-state index contributed by atoms with van der Waals surface area (Å²) in [6.07, 6.45) is 1.49. The number of carboxylic acids is 1. The molecule has 0 spiro atoms. The van der Waals surface area contributed by atoms with Crippen LogP contribution >= 0.6 is 22.9 Å². The summed E-state index contributed by atoms with van der Waals surface area (Å²) in [6, 6.07) is 4.23. The lowest BCUT2D eigenvalue weighted by Gasteiger charge is -2.05. The molecule has 0 bridgehead atoms. The highest BCUT2D eigenvalue weighted by molar-refractivity contribution is 7.13. The number of nitrogens with one attached hydrogen (secondary N) is 1. The van der Waals surface area contributed by atoms with Gasteiger partial charge in [-0.1, -0.05) is 11.6 Å². The number of benzene rings is 1. The highest BCUT2D eigenvalue weighted by atomic mass is 35.5. The Bertz CT molecular complexity index is 654. The fraction of sp³-hybridized carbons (Fsp3) is 0.0833. The van der Waals surface area contributed by atoms with Gasteiger partial charge in [-0.2, -0.15) is 0 Å². The second kappa shape index (κ2) is 5.38. The molecular formula is C12H9ClN2O3S.